The van der Waals surface area contributed by atoms with Gasteiger partial charge in [0.25, 0.3) is 12.3 Å². The van der Waals surface area contributed by atoms with E-state index in [1.54, 1.807) is 35.4 Å². The molecule has 3 aliphatic rings. The van der Waals surface area contributed by atoms with Crippen molar-refractivity contribution in [3.05, 3.63) is 137 Å². The Hall–Kier alpha value is -7.63. The van der Waals surface area contributed by atoms with Gasteiger partial charge in [0.1, 0.15) is 43.1 Å². The molecule has 0 spiro atoms. The fourth-order valence-electron chi connectivity index (χ4n) is 10.0. The molecule has 9 rings (SSSR count). The lowest BCUT2D eigenvalue weighted by atomic mass is 9.84. The second-order valence-corrected chi connectivity index (χ2v) is 22.0. The van der Waals surface area contributed by atoms with Gasteiger partial charge in [0.05, 0.1) is 63.3 Å². The number of hydrogen-bond donors (Lipinski definition) is 5. The summed E-state index contributed by atoms with van der Waals surface area (Å²) in [6.45, 7) is 10.1. The second-order valence-electron chi connectivity index (χ2n) is 22.0. The zero-order valence-corrected chi connectivity index (χ0v) is 47.4. The molecule has 1 aliphatic heterocycles. The Morgan fingerprint density at radius 1 is 0.855 bits per heavy atom. The first kappa shape index (κ1) is 60.0. The van der Waals surface area contributed by atoms with Gasteiger partial charge in [0.2, 0.25) is 23.6 Å². The van der Waals surface area contributed by atoms with E-state index in [1.165, 1.54) is 42.7 Å². The van der Waals surface area contributed by atoms with E-state index in [2.05, 4.69) is 53.8 Å². The lowest BCUT2D eigenvalue weighted by molar-refractivity contribution is -0.147. The van der Waals surface area contributed by atoms with Crippen LogP contribution in [0.2, 0.25) is 0 Å². The van der Waals surface area contributed by atoms with Gasteiger partial charge >= 0.3 is 0 Å². The third kappa shape index (κ3) is 16.6. The number of rotatable bonds is 29. The van der Waals surface area contributed by atoms with Crippen LogP contribution in [0.1, 0.15) is 103 Å². The lowest BCUT2D eigenvalue weighted by Crippen LogP contribution is -2.61. The molecule has 4 heterocycles. The highest BCUT2D eigenvalue weighted by Crippen LogP contribution is 2.34. The number of alkyl halides is 2. The Morgan fingerprint density at radius 2 is 1.61 bits per heavy atom. The zero-order chi connectivity index (χ0) is 58.3. The first-order valence-corrected chi connectivity index (χ1v) is 28.3. The number of anilines is 2. The van der Waals surface area contributed by atoms with Gasteiger partial charge in [0, 0.05) is 51.5 Å². The third-order valence-electron chi connectivity index (χ3n) is 14.7. The molecule has 3 atom stereocenters. The summed E-state index contributed by atoms with van der Waals surface area (Å²) in [5.41, 5.74) is 4.75. The van der Waals surface area contributed by atoms with Crippen LogP contribution in [0, 0.1) is 11.3 Å². The summed E-state index contributed by atoms with van der Waals surface area (Å²) in [7, 11) is 1.42. The van der Waals surface area contributed by atoms with Crippen LogP contribution in [0.4, 0.5) is 20.3 Å². The number of aromatic nitrogens is 4. The smallest absolute Gasteiger partial charge is 0.284 e. The average Bonchev–Trinajstić information content (AvgIpc) is 3.73. The summed E-state index contributed by atoms with van der Waals surface area (Å²) in [5, 5.41) is 19.3. The van der Waals surface area contributed by atoms with E-state index >= 15 is 0 Å². The number of ether oxygens (including phenoxy) is 5. The Kier molecular flexibility index (Phi) is 20.6. The number of methoxy groups -OCH3 is 1. The number of nitrogens with zero attached hydrogens (tertiary/aromatic N) is 5. The van der Waals surface area contributed by atoms with Crippen molar-refractivity contribution in [1.82, 2.24) is 40.6 Å². The van der Waals surface area contributed by atoms with E-state index in [0.29, 0.717) is 87.9 Å². The van der Waals surface area contributed by atoms with E-state index in [1.807, 2.05) is 63.2 Å². The Balaban J connectivity index is 0.657. The van der Waals surface area contributed by atoms with Crippen molar-refractivity contribution in [3.8, 4) is 22.9 Å². The van der Waals surface area contributed by atoms with Gasteiger partial charge in [-0.15, -0.1) is 0 Å². The normalized spacial score (nSPS) is 16.2. The van der Waals surface area contributed by atoms with Crippen molar-refractivity contribution >= 4 is 35.1 Å². The molecular weight excluding hydrogens is 1070 g/mol. The van der Waals surface area contributed by atoms with Crippen molar-refractivity contribution in [2.75, 3.05) is 83.7 Å². The number of fused-ring (bicyclic) bond motifs is 2. The summed E-state index contributed by atoms with van der Waals surface area (Å²) in [5.74, 6) is 0.401. The van der Waals surface area contributed by atoms with E-state index < -0.39 is 41.4 Å². The quantitative estimate of drug-likeness (QED) is 0.0282. The molecule has 3 aromatic carbocycles. The fraction of sp³-hybridized carbons (Fsp3) is 0.459. The number of nitrogens with one attached hydrogen (secondary N) is 5. The van der Waals surface area contributed by atoms with Crippen LogP contribution >= 0.6 is 0 Å². The van der Waals surface area contributed by atoms with Crippen molar-refractivity contribution in [2.45, 2.75) is 96.9 Å². The molecule has 1 fully saturated rings. The maximum absolute atomic E-state index is 14.6. The van der Waals surface area contributed by atoms with Crippen molar-refractivity contribution in [2.24, 2.45) is 11.3 Å². The van der Waals surface area contributed by atoms with Gasteiger partial charge < -0.3 is 59.6 Å². The summed E-state index contributed by atoms with van der Waals surface area (Å²) in [6.07, 6.45) is 6.60. The van der Waals surface area contributed by atoms with Crippen LogP contribution in [0.3, 0.4) is 0 Å². The molecule has 442 valence electrons. The summed E-state index contributed by atoms with van der Waals surface area (Å²) in [6, 6.07) is 22.7. The molecule has 0 saturated heterocycles. The average molecular weight is 1150 g/mol. The predicted molar refractivity (Wildman–Crippen MR) is 305 cm³/mol. The minimum atomic E-state index is -2.95. The molecule has 20 nitrogen and oxygen atoms in total. The number of pyridine rings is 1. The van der Waals surface area contributed by atoms with Gasteiger partial charge in [-0.1, -0.05) is 63.2 Å². The van der Waals surface area contributed by atoms with Crippen LogP contribution in [-0.2, 0) is 59.3 Å². The standard InChI is InChI=1S/C61H74F2N10O10/c1-61(2,3)55(70-53(74)38-78-4)60(77)72-35-44-30-46(19-16-42(44)31-51(72)58(76)67-48-11-7-9-41-8-5-6-10-47(41)48)82-29-28-81-27-26-80-25-24-79-23-22-64-33-39-14-17-45(18-15-39)73-36-49(54(71-73)56(62)63)68-57(75)50-37-83-59(69-50)43-20-21-65-52(32-43)66-34-40-12-13-40/h5-6,8,10,14-21,30,32,36-37,40,48,51,55-56,64H,7,9,11-13,22-29,31,33-35,38H2,1-4H3,(H,65,66)(H,67,76)(H,68,75)(H,70,74)/t48-,51?,55-/m1/s1. The van der Waals surface area contributed by atoms with Crippen LogP contribution in [0.25, 0.3) is 17.1 Å². The molecule has 5 N–H and O–H groups in total. The van der Waals surface area contributed by atoms with E-state index in [4.69, 9.17) is 28.1 Å². The largest absolute Gasteiger partial charge is 0.491 e. The molecule has 1 saturated carbocycles. The van der Waals surface area contributed by atoms with Crippen LogP contribution < -0.4 is 31.3 Å². The Bertz CT molecular complexity index is 3140. The topological polar surface area (TPSA) is 235 Å². The van der Waals surface area contributed by atoms with Crippen LogP contribution in [0.15, 0.2) is 102 Å². The van der Waals surface area contributed by atoms with Gasteiger partial charge in [-0.2, -0.15) is 5.10 Å². The molecule has 6 aromatic rings. The van der Waals surface area contributed by atoms with E-state index in [0.717, 1.165) is 48.1 Å². The highest BCUT2D eigenvalue weighted by Gasteiger charge is 2.43. The molecule has 22 heteroatoms. The molecule has 2 aliphatic carbocycles. The highest BCUT2D eigenvalue weighted by molar-refractivity contribution is 6.03. The number of carbonyl (C=O) groups excluding carboxylic acids is 4. The Morgan fingerprint density at radius 3 is 2.36 bits per heavy atom. The SMILES string of the molecule is COCC(=O)N[C@H](C(=O)N1Cc2cc(OCCOCCOCCOCCNCc3ccc(-n4cc(NC(=O)c5coc(-c6ccnc(NCC7CC7)c6)n5)c(C(F)F)n4)cc3)ccc2CC1C(=O)N[C@@H]1CCCc2ccccc21)C(C)(C)C. The lowest BCUT2D eigenvalue weighted by Gasteiger charge is -2.41. The number of oxazole rings is 1. The van der Waals surface area contributed by atoms with Crippen molar-refractivity contribution in [3.63, 3.8) is 0 Å². The summed E-state index contributed by atoms with van der Waals surface area (Å²) >= 11 is 0. The summed E-state index contributed by atoms with van der Waals surface area (Å²) < 4.78 is 63.4. The first-order valence-electron chi connectivity index (χ1n) is 28.3. The Labute approximate surface area is 481 Å². The van der Waals surface area contributed by atoms with E-state index in [9.17, 15) is 28.0 Å². The molecule has 3 aromatic heterocycles. The third-order valence-corrected chi connectivity index (χ3v) is 14.7. The van der Waals surface area contributed by atoms with Crippen LogP contribution in [0.5, 0.6) is 5.75 Å². The number of halogens is 2. The van der Waals surface area contributed by atoms with Gasteiger partial charge in [0.15, 0.2) is 11.4 Å². The molecule has 83 heavy (non-hydrogen) atoms. The number of aryl methyl sites for hydroxylation is 1. The fourth-order valence-corrected chi connectivity index (χ4v) is 10.0. The predicted octanol–water partition coefficient (Wildman–Crippen LogP) is 7.78. The van der Waals surface area contributed by atoms with Gasteiger partial charge in [-0.3, -0.25) is 19.2 Å². The zero-order valence-electron chi connectivity index (χ0n) is 47.4. The monoisotopic (exact) mass is 1140 g/mol. The van der Waals surface area contributed by atoms with Crippen molar-refractivity contribution < 1.29 is 56.1 Å². The first-order chi connectivity index (χ1) is 40.2. The highest BCUT2D eigenvalue weighted by atomic mass is 19.3. The van der Waals surface area contributed by atoms with Gasteiger partial charge in [-0.05, 0) is 108 Å². The molecule has 4 amide bonds. The minimum absolute atomic E-state index is 0.0776. The minimum Gasteiger partial charge on any atom is -0.491 e. The number of carbonyl (C=O) groups is 4. The second kappa shape index (κ2) is 28.6. The number of amides is 4. The maximum Gasteiger partial charge on any atom is 0.284 e. The van der Waals surface area contributed by atoms with E-state index in [-0.39, 0.29) is 54.9 Å². The number of benzene rings is 3. The maximum atomic E-state index is 14.6. The summed E-state index contributed by atoms with van der Waals surface area (Å²) in [4.78, 5) is 65.0. The molecule has 1 unspecified atom stereocenters. The number of hydrogen-bond acceptors (Lipinski definition) is 15. The molecule has 0 radical (unpaired) electrons. The van der Waals surface area contributed by atoms with Crippen LogP contribution in [-0.4, -0.2) is 133 Å². The van der Waals surface area contributed by atoms with Gasteiger partial charge in [-0.25, -0.2) is 23.4 Å². The molecular formula is C61H74F2N10O10. The van der Waals surface area contributed by atoms with Crippen molar-refractivity contribution in [1.29, 1.82) is 0 Å². The molecule has 0 bridgehead atoms.